The summed E-state index contributed by atoms with van der Waals surface area (Å²) in [5.74, 6) is 3.82. The summed E-state index contributed by atoms with van der Waals surface area (Å²) in [5.41, 5.74) is 1.44. The number of rotatable bonds is 6. The van der Waals surface area contributed by atoms with Crippen LogP contribution in [0, 0.1) is 34.0 Å². The highest BCUT2D eigenvalue weighted by molar-refractivity contribution is 5.85. The van der Waals surface area contributed by atoms with E-state index in [0.29, 0.717) is 34.8 Å². The molecule has 1 amide bonds. The molecular weight excluding hydrogens is 440 g/mol. The lowest BCUT2D eigenvalue weighted by Crippen LogP contribution is -2.47. The van der Waals surface area contributed by atoms with Gasteiger partial charge in [-0.1, -0.05) is 27.7 Å². The highest BCUT2D eigenvalue weighted by Crippen LogP contribution is 2.59. The maximum Gasteiger partial charge on any atom is 0.404 e. The van der Waals surface area contributed by atoms with Gasteiger partial charge >= 0.3 is 6.09 Å². The average Bonchev–Trinajstić information content (AvgIpc) is 2.81. The van der Waals surface area contributed by atoms with E-state index >= 15 is 0 Å². The Bertz CT molecular complexity index is 924. The second-order valence-corrected chi connectivity index (χ2v) is 12.7. The number of carbonyl (C=O) groups is 1. The maximum atomic E-state index is 10.8. The van der Waals surface area contributed by atoms with Crippen molar-refractivity contribution >= 4 is 17.8 Å². The number of anilines is 1. The third-order valence-electron chi connectivity index (χ3n) is 9.38. The minimum absolute atomic E-state index is 0.192. The molecular formula is C27H44N6O2. The van der Waals surface area contributed by atoms with Gasteiger partial charge in [0.25, 0.3) is 0 Å². The molecule has 2 heterocycles. The molecule has 35 heavy (non-hydrogen) atoms. The molecule has 1 saturated heterocycles. The fourth-order valence-corrected chi connectivity index (χ4v) is 7.05. The molecule has 3 fully saturated rings. The van der Waals surface area contributed by atoms with Gasteiger partial charge in [0.15, 0.2) is 0 Å². The number of nitrogens with zero attached hydrogens (tertiary/aromatic N) is 4. The molecule has 2 saturated carbocycles. The zero-order valence-corrected chi connectivity index (χ0v) is 22.2. The van der Waals surface area contributed by atoms with E-state index in [1.54, 1.807) is 6.33 Å². The smallest absolute Gasteiger partial charge is 0.404 e. The van der Waals surface area contributed by atoms with Crippen molar-refractivity contribution in [2.45, 2.75) is 97.9 Å². The lowest BCUT2D eigenvalue weighted by Gasteiger charge is -2.55. The van der Waals surface area contributed by atoms with Crippen molar-refractivity contribution in [3.63, 3.8) is 0 Å². The predicted octanol–water partition coefficient (Wildman–Crippen LogP) is 5.50. The topological polar surface area (TPSA) is 115 Å². The molecule has 8 nitrogen and oxygen atoms in total. The SMILES string of the molecule is CC(CC(=N)C1CCN(c2ncnc(C3CCC4C(C3)C(C)(C)CCC4(C)C)n2)CC1)NC(=O)O. The van der Waals surface area contributed by atoms with Crippen LogP contribution in [-0.4, -0.2) is 51.0 Å². The zero-order valence-electron chi connectivity index (χ0n) is 22.2. The first-order valence-electron chi connectivity index (χ1n) is 13.5. The third kappa shape index (κ3) is 5.78. The first kappa shape index (κ1) is 25.8. The number of nitrogens with one attached hydrogen (secondary N) is 2. The van der Waals surface area contributed by atoms with Crippen molar-refractivity contribution in [3.05, 3.63) is 12.2 Å². The summed E-state index contributed by atoms with van der Waals surface area (Å²) < 4.78 is 0. The number of aromatic nitrogens is 3. The molecule has 2 aliphatic carbocycles. The monoisotopic (exact) mass is 484 g/mol. The molecule has 0 aromatic carbocycles. The van der Waals surface area contributed by atoms with Crippen LogP contribution in [0.2, 0.25) is 0 Å². The maximum absolute atomic E-state index is 10.8. The van der Waals surface area contributed by atoms with E-state index in [4.69, 9.17) is 15.5 Å². The summed E-state index contributed by atoms with van der Waals surface area (Å²) in [6, 6.07) is -0.237. The highest BCUT2D eigenvalue weighted by Gasteiger charge is 2.50. The summed E-state index contributed by atoms with van der Waals surface area (Å²) in [4.78, 5) is 27.2. The molecule has 4 atom stereocenters. The van der Waals surface area contributed by atoms with Crippen LogP contribution in [0.5, 0.6) is 0 Å². The molecule has 4 unspecified atom stereocenters. The predicted molar refractivity (Wildman–Crippen MR) is 138 cm³/mol. The van der Waals surface area contributed by atoms with E-state index in [1.165, 1.54) is 25.7 Å². The number of hydrogen-bond acceptors (Lipinski definition) is 6. The molecule has 4 rings (SSSR count). The van der Waals surface area contributed by atoms with E-state index in [9.17, 15) is 4.79 Å². The van der Waals surface area contributed by atoms with Gasteiger partial charge in [-0.05, 0) is 80.5 Å². The fourth-order valence-electron chi connectivity index (χ4n) is 7.05. The Morgan fingerprint density at radius 1 is 1.11 bits per heavy atom. The van der Waals surface area contributed by atoms with Crippen molar-refractivity contribution in [1.82, 2.24) is 20.3 Å². The van der Waals surface area contributed by atoms with E-state index < -0.39 is 6.09 Å². The fraction of sp³-hybridized carbons (Fsp3) is 0.815. The van der Waals surface area contributed by atoms with Crippen LogP contribution in [0.15, 0.2) is 6.33 Å². The van der Waals surface area contributed by atoms with Crippen molar-refractivity contribution in [1.29, 1.82) is 5.41 Å². The summed E-state index contributed by atoms with van der Waals surface area (Å²) >= 11 is 0. The van der Waals surface area contributed by atoms with E-state index in [2.05, 4.69) is 47.9 Å². The standard InChI is InChI=1S/C27H44N6O2/c1-17(31-25(34)35)14-22(28)18-8-12-33(13-9-18)24-30-16-29-23(32-24)19-6-7-20-21(15-19)27(4,5)11-10-26(20,2)3/h16-21,28,31H,6-15H2,1-5H3,(H,34,35). The molecule has 194 valence electrons. The summed E-state index contributed by atoms with van der Waals surface area (Å²) in [6.07, 6.45) is 9.07. The largest absolute Gasteiger partial charge is 0.465 e. The summed E-state index contributed by atoms with van der Waals surface area (Å²) in [5, 5.41) is 19.8. The van der Waals surface area contributed by atoms with Crippen LogP contribution in [0.4, 0.5) is 10.7 Å². The normalized spacial score (nSPS) is 29.2. The van der Waals surface area contributed by atoms with E-state index in [1.807, 2.05) is 6.92 Å². The van der Waals surface area contributed by atoms with Gasteiger partial charge < -0.3 is 20.7 Å². The number of amides is 1. The van der Waals surface area contributed by atoms with E-state index in [-0.39, 0.29) is 12.0 Å². The van der Waals surface area contributed by atoms with Crippen LogP contribution < -0.4 is 10.2 Å². The molecule has 1 aliphatic heterocycles. The Balaban J connectivity index is 1.37. The van der Waals surface area contributed by atoms with Crippen molar-refractivity contribution < 1.29 is 9.90 Å². The summed E-state index contributed by atoms with van der Waals surface area (Å²) in [6.45, 7) is 13.3. The Labute approximate surface area is 210 Å². The van der Waals surface area contributed by atoms with Crippen molar-refractivity contribution in [3.8, 4) is 0 Å². The minimum atomic E-state index is -1.03. The number of fused-ring (bicyclic) bond motifs is 1. The van der Waals surface area contributed by atoms with Crippen LogP contribution in [0.3, 0.4) is 0 Å². The second-order valence-electron chi connectivity index (χ2n) is 12.7. The Morgan fingerprint density at radius 2 is 1.77 bits per heavy atom. The molecule has 0 bridgehead atoms. The molecule has 1 aromatic rings. The highest BCUT2D eigenvalue weighted by atomic mass is 16.4. The molecule has 3 aliphatic rings. The van der Waals surface area contributed by atoms with Gasteiger partial charge in [-0.2, -0.15) is 4.98 Å². The minimum Gasteiger partial charge on any atom is -0.465 e. The Hall–Kier alpha value is -2.25. The second kappa shape index (κ2) is 10.0. The van der Waals surface area contributed by atoms with Crippen molar-refractivity contribution in [2.75, 3.05) is 18.0 Å². The quantitative estimate of drug-likeness (QED) is 0.459. The van der Waals surface area contributed by atoms with Crippen LogP contribution in [0.25, 0.3) is 0 Å². The zero-order chi connectivity index (χ0) is 25.4. The van der Waals surface area contributed by atoms with Crippen LogP contribution in [0.1, 0.15) is 97.7 Å². The summed E-state index contributed by atoms with van der Waals surface area (Å²) in [7, 11) is 0. The number of carboxylic acid groups (broad SMARTS) is 1. The Morgan fingerprint density at radius 3 is 2.43 bits per heavy atom. The molecule has 8 heteroatoms. The lowest BCUT2D eigenvalue weighted by molar-refractivity contribution is -0.0505. The Kier molecular flexibility index (Phi) is 7.39. The molecule has 0 spiro atoms. The van der Waals surface area contributed by atoms with Gasteiger partial charge in [0.05, 0.1) is 0 Å². The first-order valence-corrected chi connectivity index (χ1v) is 13.5. The van der Waals surface area contributed by atoms with Crippen molar-refractivity contribution in [2.24, 2.45) is 28.6 Å². The molecule has 1 aromatic heterocycles. The van der Waals surface area contributed by atoms with Gasteiger partial charge in [-0.25, -0.2) is 14.8 Å². The average molecular weight is 485 g/mol. The number of hydrogen-bond donors (Lipinski definition) is 3. The van der Waals surface area contributed by atoms with Crippen LogP contribution in [-0.2, 0) is 0 Å². The molecule has 3 N–H and O–H groups in total. The number of piperidine rings is 1. The molecule has 0 radical (unpaired) electrons. The van der Waals surface area contributed by atoms with E-state index in [0.717, 1.165) is 50.0 Å². The van der Waals surface area contributed by atoms with Gasteiger partial charge in [0, 0.05) is 37.2 Å². The van der Waals surface area contributed by atoms with Gasteiger partial charge in [-0.3, -0.25) is 0 Å². The van der Waals surface area contributed by atoms with Crippen LogP contribution >= 0.6 is 0 Å². The van der Waals surface area contributed by atoms with Gasteiger partial charge in [-0.15, -0.1) is 0 Å². The first-order chi connectivity index (χ1) is 16.5. The third-order valence-corrected chi connectivity index (χ3v) is 9.38. The lowest BCUT2D eigenvalue weighted by atomic mass is 9.50. The van der Waals surface area contributed by atoms with Gasteiger partial charge in [0.2, 0.25) is 5.95 Å². The van der Waals surface area contributed by atoms with Gasteiger partial charge in [0.1, 0.15) is 12.2 Å².